The van der Waals surface area contributed by atoms with Gasteiger partial charge in [-0.1, -0.05) is 18.2 Å². The molecular formula is C37H30F4N4O4. The van der Waals surface area contributed by atoms with E-state index in [0.717, 1.165) is 28.1 Å². The lowest BCUT2D eigenvalue weighted by molar-refractivity contribution is -0.142. The Balaban J connectivity index is 1.21. The van der Waals surface area contributed by atoms with E-state index in [4.69, 9.17) is 0 Å². The van der Waals surface area contributed by atoms with Crippen LogP contribution < -0.4 is 10.5 Å². The van der Waals surface area contributed by atoms with Crippen LogP contribution in [0.2, 0.25) is 0 Å². The summed E-state index contributed by atoms with van der Waals surface area (Å²) in [6.07, 6.45) is 5.35. The number of pyridine rings is 1. The lowest BCUT2D eigenvalue weighted by atomic mass is 10.0. The number of aliphatic hydroxyl groups is 1. The summed E-state index contributed by atoms with van der Waals surface area (Å²) in [5.41, 5.74) is 0.528. The molecule has 3 heterocycles. The van der Waals surface area contributed by atoms with Crippen LogP contribution in [0.4, 0.5) is 23.2 Å². The molecule has 250 valence electrons. The first kappa shape index (κ1) is 33.0. The maximum atomic E-state index is 14.5. The maximum absolute atomic E-state index is 14.5. The molecule has 1 amide bonds. The molecule has 0 radical (unpaired) electrons. The van der Waals surface area contributed by atoms with Crippen LogP contribution >= 0.6 is 0 Å². The number of aliphatic hydroxyl groups excluding tert-OH is 1. The number of nitrogens with zero attached hydrogens (tertiary/aromatic N) is 4. The van der Waals surface area contributed by atoms with Crippen molar-refractivity contribution in [1.29, 1.82) is 0 Å². The van der Waals surface area contributed by atoms with Crippen LogP contribution in [0.15, 0.2) is 108 Å². The van der Waals surface area contributed by atoms with Gasteiger partial charge in [-0.3, -0.25) is 14.4 Å². The van der Waals surface area contributed by atoms with Gasteiger partial charge in [-0.25, -0.2) is 17.6 Å². The van der Waals surface area contributed by atoms with Crippen molar-refractivity contribution in [2.45, 2.75) is 13.0 Å². The second-order valence-corrected chi connectivity index (χ2v) is 11.6. The molecule has 0 unspecified atom stereocenters. The second kappa shape index (κ2) is 14.1. The Morgan fingerprint density at radius 1 is 0.776 bits per heavy atom. The highest BCUT2D eigenvalue weighted by Gasteiger charge is 2.26. The molecule has 2 aromatic heterocycles. The molecule has 1 aliphatic rings. The van der Waals surface area contributed by atoms with Gasteiger partial charge in [0.25, 0.3) is 11.5 Å². The molecule has 49 heavy (non-hydrogen) atoms. The molecule has 8 nitrogen and oxygen atoms in total. The Morgan fingerprint density at radius 2 is 1.45 bits per heavy atom. The molecule has 12 heteroatoms. The smallest absolute Gasteiger partial charge is 0.294 e. The van der Waals surface area contributed by atoms with E-state index in [1.54, 1.807) is 6.07 Å². The summed E-state index contributed by atoms with van der Waals surface area (Å²) in [7, 11) is 0. The summed E-state index contributed by atoms with van der Waals surface area (Å²) < 4.78 is 59.8. The summed E-state index contributed by atoms with van der Waals surface area (Å²) >= 11 is 0. The van der Waals surface area contributed by atoms with Gasteiger partial charge in [0.15, 0.2) is 11.6 Å². The van der Waals surface area contributed by atoms with Crippen molar-refractivity contribution >= 4 is 23.1 Å². The van der Waals surface area contributed by atoms with Crippen molar-refractivity contribution in [1.82, 2.24) is 14.0 Å². The summed E-state index contributed by atoms with van der Waals surface area (Å²) in [6, 6.07) is 19.7. The van der Waals surface area contributed by atoms with E-state index in [0.29, 0.717) is 25.2 Å². The number of carbonyl (C=O) groups excluding carboxylic acids is 2. The van der Waals surface area contributed by atoms with Gasteiger partial charge in [0, 0.05) is 80.3 Å². The van der Waals surface area contributed by atoms with E-state index in [1.807, 2.05) is 53.4 Å². The number of halogens is 4. The zero-order chi connectivity index (χ0) is 34.7. The quantitative estimate of drug-likeness (QED) is 0.0721. The third-order valence-corrected chi connectivity index (χ3v) is 8.34. The number of rotatable bonds is 9. The molecule has 0 aliphatic carbocycles. The standard InChI is InChI=1S/C37H30F4N4O4/c38-27-19-26(35(41)32(40)20-27)17-24-18-30(36(48)45(22-24)23-25-5-1-2-6-31(25)39)33(46)21-34(47)37(49)44-15-13-43(14-16-44)29-9-7-28(8-10-29)42-11-3-4-12-42/h1-12,18-22,46H,13-17,23H2/b33-21+. The molecule has 1 saturated heterocycles. The fourth-order valence-corrected chi connectivity index (χ4v) is 5.79. The SMILES string of the molecule is O=C(/C=C(/O)c1cc(Cc2cc(F)cc(F)c2F)cn(Cc2ccccc2F)c1=O)C(=O)N1CCN(c2ccc(-n3cccc3)cc2)CC1. The number of hydrogen-bond donors (Lipinski definition) is 1. The van der Waals surface area contributed by atoms with Gasteiger partial charge in [-0.05, 0) is 65.7 Å². The van der Waals surface area contributed by atoms with Crippen LogP contribution in [0, 0.1) is 23.3 Å². The zero-order valence-corrected chi connectivity index (χ0v) is 26.0. The first-order chi connectivity index (χ1) is 23.6. The van der Waals surface area contributed by atoms with Gasteiger partial charge >= 0.3 is 0 Å². The predicted octanol–water partition coefficient (Wildman–Crippen LogP) is 5.65. The number of ketones is 1. The van der Waals surface area contributed by atoms with E-state index in [2.05, 4.69) is 4.90 Å². The van der Waals surface area contributed by atoms with Crippen LogP contribution in [0.5, 0.6) is 0 Å². The third-order valence-electron chi connectivity index (χ3n) is 8.34. The van der Waals surface area contributed by atoms with Crippen molar-refractivity contribution in [3.63, 3.8) is 0 Å². The highest BCUT2D eigenvalue weighted by atomic mass is 19.2. The minimum Gasteiger partial charge on any atom is -0.507 e. The monoisotopic (exact) mass is 670 g/mol. The fraction of sp³-hybridized carbons (Fsp3) is 0.162. The molecule has 6 rings (SSSR count). The Labute approximate surface area is 278 Å². The summed E-state index contributed by atoms with van der Waals surface area (Å²) in [5, 5.41) is 11.0. The average Bonchev–Trinajstić information content (AvgIpc) is 3.64. The Morgan fingerprint density at radius 3 is 2.14 bits per heavy atom. The summed E-state index contributed by atoms with van der Waals surface area (Å²) in [6.45, 7) is 1.07. The normalized spacial score (nSPS) is 13.5. The van der Waals surface area contributed by atoms with Crippen LogP contribution in [0.25, 0.3) is 11.4 Å². The third kappa shape index (κ3) is 7.33. The van der Waals surface area contributed by atoms with Gasteiger partial charge in [0.2, 0.25) is 5.78 Å². The highest BCUT2D eigenvalue weighted by Crippen LogP contribution is 2.22. The summed E-state index contributed by atoms with van der Waals surface area (Å²) in [5.74, 6) is -7.15. The highest BCUT2D eigenvalue weighted by molar-refractivity contribution is 6.41. The van der Waals surface area contributed by atoms with Crippen molar-refractivity contribution in [3.8, 4) is 5.69 Å². The van der Waals surface area contributed by atoms with Gasteiger partial charge < -0.3 is 24.0 Å². The minimum atomic E-state index is -1.41. The predicted molar refractivity (Wildman–Crippen MR) is 176 cm³/mol. The van der Waals surface area contributed by atoms with Crippen LogP contribution in [0.1, 0.15) is 22.3 Å². The first-order valence-electron chi connectivity index (χ1n) is 15.4. The molecule has 1 N–H and O–H groups in total. The zero-order valence-electron chi connectivity index (χ0n) is 26.0. The van der Waals surface area contributed by atoms with E-state index < -0.39 is 58.3 Å². The molecule has 0 bridgehead atoms. The number of amides is 1. The molecule has 3 aromatic carbocycles. The molecule has 0 spiro atoms. The van der Waals surface area contributed by atoms with E-state index in [-0.39, 0.29) is 36.3 Å². The maximum Gasteiger partial charge on any atom is 0.294 e. The van der Waals surface area contributed by atoms with Gasteiger partial charge in [0.05, 0.1) is 12.1 Å². The van der Waals surface area contributed by atoms with Crippen molar-refractivity contribution in [3.05, 3.63) is 159 Å². The fourth-order valence-electron chi connectivity index (χ4n) is 5.79. The second-order valence-electron chi connectivity index (χ2n) is 11.6. The number of anilines is 1. The minimum absolute atomic E-state index is 0.112. The Bertz CT molecular complexity index is 2100. The number of hydrogen-bond acceptors (Lipinski definition) is 5. The van der Waals surface area contributed by atoms with Crippen LogP contribution in [-0.4, -0.2) is 57.0 Å². The number of piperazine rings is 1. The molecule has 1 fully saturated rings. The Hall–Kier alpha value is -5.91. The topological polar surface area (TPSA) is 87.8 Å². The van der Waals surface area contributed by atoms with E-state index in [9.17, 15) is 37.1 Å². The van der Waals surface area contributed by atoms with E-state index >= 15 is 0 Å². The largest absolute Gasteiger partial charge is 0.507 e. The van der Waals surface area contributed by atoms with E-state index in [1.165, 1.54) is 29.3 Å². The molecule has 1 aliphatic heterocycles. The van der Waals surface area contributed by atoms with Gasteiger partial charge in [0.1, 0.15) is 17.4 Å². The number of benzene rings is 3. The number of carbonyl (C=O) groups is 2. The molecule has 0 saturated carbocycles. The summed E-state index contributed by atoms with van der Waals surface area (Å²) in [4.78, 5) is 43.0. The van der Waals surface area contributed by atoms with Crippen molar-refractivity contribution in [2.24, 2.45) is 0 Å². The molecular weight excluding hydrogens is 640 g/mol. The van der Waals surface area contributed by atoms with Crippen LogP contribution in [0.3, 0.4) is 0 Å². The Kier molecular flexibility index (Phi) is 9.47. The average molecular weight is 671 g/mol. The van der Waals surface area contributed by atoms with Crippen molar-refractivity contribution in [2.75, 3.05) is 31.1 Å². The van der Waals surface area contributed by atoms with Crippen molar-refractivity contribution < 1.29 is 32.3 Å². The number of aromatic nitrogens is 2. The lowest BCUT2D eigenvalue weighted by Gasteiger charge is -2.35. The molecule has 0 atom stereocenters. The lowest BCUT2D eigenvalue weighted by Crippen LogP contribution is -2.50. The molecule has 5 aromatic rings. The first-order valence-corrected chi connectivity index (χ1v) is 15.4. The van der Waals surface area contributed by atoms with Crippen LogP contribution in [-0.2, 0) is 22.6 Å². The van der Waals surface area contributed by atoms with Gasteiger partial charge in [-0.2, -0.15) is 0 Å². The van der Waals surface area contributed by atoms with Gasteiger partial charge in [-0.15, -0.1) is 0 Å².